The molecular weight excluding hydrogens is 435 g/mol. The normalized spacial score (nSPS) is 13.9. The zero-order valence-corrected chi connectivity index (χ0v) is 18.7. The number of hydrogen-bond donors (Lipinski definition) is 1. The molecule has 4 rings (SSSR count). The summed E-state index contributed by atoms with van der Waals surface area (Å²) in [6.45, 7) is 4.65. The summed E-state index contributed by atoms with van der Waals surface area (Å²) in [5, 5.41) is 2.91. The Kier molecular flexibility index (Phi) is 6.50. The van der Waals surface area contributed by atoms with E-state index in [1.807, 2.05) is 18.2 Å². The predicted octanol–water partition coefficient (Wildman–Crippen LogP) is 4.48. The van der Waals surface area contributed by atoms with Gasteiger partial charge in [0, 0.05) is 51.4 Å². The van der Waals surface area contributed by atoms with Crippen LogP contribution in [0.3, 0.4) is 0 Å². The number of amides is 2. The Labute approximate surface area is 190 Å². The van der Waals surface area contributed by atoms with Crippen molar-refractivity contribution in [3.8, 4) is 17.1 Å². The molecule has 1 aliphatic rings. The Hall–Kier alpha value is -3.26. The molecule has 1 aliphatic heterocycles. The number of methoxy groups -OCH3 is 1. The molecule has 0 bridgehead atoms. The lowest BCUT2D eigenvalue weighted by atomic mass is 10.1. The van der Waals surface area contributed by atoms with Crippen molar-refractivity contribution in [2.24, 2.45) is 0 Å². The van der Waals surface area contributed by atoms with E-state index in [1.165, 1.54) is 12.1 Å². The highest BCUT2D eigenvalue weighted by Crippen LogP contribution is 2.34. The van der Waals surface area contributed by atoms with Crippen LogP contribution in [0.15, 0.2) is 47.0 Å². The maximum Gasteiger partial charge on any atom is 0.317 e. The van der Waals surface area contributed by atoms with Gasteiger partial charge < -0.3 is 24.3 Å². The molecule has 168 valence electrons. The average Bonchev–Trinajstić information content (AvgIpc) is 3.25. The lowest BCUT2D eigenvalue weighted by molar-refractivity contribution is 0.194. The third-order valence-corrected chi connectivity index (χ3v) is 5.72. The van der Waals surface area contributed by atoms with Gasteiger partial charge in [-0.1, -0.05) is 17.7 Å². The van der Waals surface area contributed by atoms with E-state index in [2.05, 4.69) is 15.2 Å². The summed E-state index contributed by atoms with van der Waals surface area (Å²) >= 11 is 5.80. The van der Waals surface area contributed by atoms with E-state index < -0.39 is 5.82 Å². The van der Waals surface area contributed by atoms with Crippen LogP contribution in [0.4, 0.5) is 14.9 Å². The minimum Gasteiger partial charge on any atom is -0.496 e. The van der Waals surface area contributed by atoms with Gasteiger partial charge in [-0.2, -0.15) is 0 Å². The monoisotopic (exact) mass is 458 g/mol. The molecule has 0 unspecified atom stereocenters. The third kappa shape index (κ3) is 4.80. The summed E-state index contributed by atoms with van der Waals surface area (Å²) in [4.78, 5) is 20.7. The van der Waals surface area contributed by atoms with E-state index in [9.17, 15) is 9.18 Å². The summed E-state index contributed by atoms with van der Waals surface area (Å²) in [6, 6.07) is 10.2. The minimum atomic E-state index is -0.474. The molecule has 3 aromatic rings. The van der Waals surface area contributed by atoms with Crippen LogP contribution in [0, 0.1) is 12.7 Å². The van der Waals surface area contributed by atoms with E-state index in [-0.39, 0.29) is 11.1 Å². The van der Waals surface area contributed by atoms with Gasteiger partial charge in [0.25, 0.3) is 0 Å². The second-order valence-electron chi connectivity index (χ2n) is 7.51. The molecule has 0 aliphatic carbocycles. The molecule has 1 aromatic heterocycles. The predicted molar refractivity (Wildman–Crippen MR) is 121 cm³/mol. The molecule has 1 saturated heterocycles. The van der Waals surface area contributed by atoms with Gasteiger partial charge in [-0.15, -0.1) is 0 Å². The Balaban J connectivity index is 1.34. The molecule has 9 heteroatoms. The van der Waals surface area contributed by atoms with Crippen LogP contribution in [0.2, 0.25) is 5.02 Å². The standard InChI is InChI=1S/C23H24ClFN4O3/c1-15-26-14-22(32-15)18-5-4-17(12-21(18)31-2)28-7-9-29(10-8-28)23(30)27-13-16-3-6-20(25)19(24)11-16/h3-6,11-12,14H,7-10,13H2,1-2H3,(H,27,30). The highest BCUT2D eigenvalue weighted by molar-refractivity contribution is 6.30. The number of anilines is 1. The zero-order valence-electron chi connectivity index (χ0n) is 17.9. The molecule has 1 fully saturated rings. The van der Waals surface area contributed by atoms with Crippen LogP contribution in [0.5, 0.6) is 5.75 Å². The Bertz CT molecular complexity index is 1110. The average molecular weight is 459 g/mol. The molecule has 0 spiro atoms. The van der Waals surface area contributed by atoms with Gasteiger partial charge in [0.05, 0.1) is 23.9 Å². The van der Waals surface area contributed by atoms with Crippen molar-refractivity contribution < 1.29 is 18.3 Å². The van der Waals surface area contributed by atoms with Gasteiger partial charge in [0.2, 0.25) is 0 Å². The van der Waals surface area contributed by atoms with Gasteiger partial charge in [-0.25, -0.2) is 14.2 Å². The maximum atomic E-state index is 13.3. The number of aromatic nitrogens is 1. The smallest absolute Gasteiger partial charge is 0.317 e. The van der Waals surface area contributed by atoms with Crippen molar-refractivity contribution in [3.63, 3.8) is 0 Å². The number of nitrogens with one attached hydrogen (secondary N) is 1. The van der Waals surface area contributed by atoms with Crippen LogP contribution in [0.25, 0.3) is 11.3 Å². The number of carbonyl (C=O) groups is 1. The molecular formula is C23H24ClFN4O3. The number of piperazine rings is 1. The topological polar surface area (TPSA) is 70.8 Å². The second kappa shape index (κ2) is 9.48. The van der Waals surface area contributed by atoms with Crippen molar-refractivity contribution in [1.29, 1.82) is 0 Å². The second-order valence-corrected chi connectivity index (χ2v) is 7.92. The SMILES string of the molecule is COc1cc(N2CCN(C(=O)NCc3ccc(F)c(Cl)c3)CC2)ccc1-c1cnc(C)o1. The van der Waals surface area contributed by atoms with Crippen molar-refractivity contribution in [3.05, 3.63) is 64.9 Å². The Morgan fingerprint density at radius 2 is 2.00 bits per heavy atom. The number of nitrogens with zero attached hydrogens (tertiary/aromatic N) is 3. The number of halogens is 2. The van der Waals surface area contributed by atoms with Crippen molar-refractivity contribution in [2.45, 2.75) is 13.5 Å². The molecule has 32 heavy (non-hydrogen) atoms. The first kappa shape index (κ1) is 22.0. The maximum absolute atomic E-state index is 13.3. The molecule has 7 nitrogen and oxygen atoms in total. The molecule has 2 aromatic carbocycles. The van der Waals surface area contributed by atoms with Gasteiger partial charge in [-0.05, 0) is 29.8 Å². The number of urea groups is 1. The van der Waals surface area contributed by atoms with Gasteiger partial charge >= 0.3 is 6.03 Å². The molecule has 1 N–H and O–H groups in total. The number of ether oxygens (including phenoxy) is 1. The number of carbonyl (C=O) groups excluding carboxylic acids is 1. The van der Waals surface area contributed by atoms with E-state index in [0.29, 0.717) is 50.1 Å². The van der Waals surface area contributed by atoms with Crippen LogP contribution in [0.1, 0.15) is 11.5 Å². The quantitative estimate of drug-likeness (QED) is 0.610. The molecule has 2 amide bonds. The van der Waals surface area contributed by atoms with E-state index in [1.54, 1.807) is 31.2 Å². The van der Waals surface area contributed by atoms with Crippen molar-refractivity contribution in [1.82, 2.24) is 15.2 Å². The summed E-state index contributed by atoms with van der Waals surface area (Å²) in [5.41, 5.74) is 2.61. The van der Waals surface area contributed by atoms with Crippen LogP contribution >= 0.6 is 11.6 Å². The largest absolute Gasteiger partial charge is 0.496 e. The van der Waals surface area contributed by atoms with Crippen molar-refractivity contribution >= 4 is 23.3 Å². The first-order chi connectivity index (χ1) is 15.4. The Morgan fingerprint density at radius 1 is 1.22 bits per heavy atom. The number of rotatable bonds is 5. The van der Waals surface area contributed by atoms with Gasteiger partial charge in [-0.3, -0.25) is 0 Å². The minimum absolute atomic E-state index is 0.0465. The summed E-state index contributed by atoms with van der Waals surface area (Å²) in [5.74, 6) is 1.49. The number of aryl methyl sites for hydroxylation is 1. The van der Waals surface area contributed by atoms with Gasteiger partial charge in [0.15, 0.2) is 11.7 Å². The fraction of sp³-hybridized carbons (Fsp3) is 0.304. The third-order valence-electron chi connectivity index (χ3n) is 5.43. The molecule has 0 radical (unpaired) electrons. The number of oxazole rings is 1. The first-order valence-corrected chi connectivity index (χ1v) is 10.6. The highest BCUT2D eigenvalue weighted by atomic mass is 35.5. The van der Waals surface area contributed by atoms with Crippen molar-refractivity contribution in [2.75, 3.05) is 38.2 Å². The van der Waals surface area contributed by atoms with E-state index in [4.69, 9.17) is 20.8 Å². The molecule has 0 atom stereocenters. The Morgan fingerprint density at radius 3 is 2.66 bits per heavy atom. The van der Waals surface area contributed by atoms with Crippen LogP contribution in [-0.2, 0) is 6.54 Å². The van der Waals surface area contributed by atoms with Crippen LogP contribution in [-0.4, -0.2) is 49.2 Å². The fourth-order valence-corrected chi connectivity index (χ4v) is 3.88. The zero-order chi connectivity index (χ0) is 22.7. The fourth-order valence-electron chi connectivity index (χ4n) is 3.67. The lowest BCUT2D eigenvalue weighted by Gasteiger charge is -2.36. The number of benzene rings is 2. The molecule has 0 saturated carbocycles. The summed E-state index contributed by atoms with van der Waals surface area (Å²) in [7, 11) is 1.63. The van der Waals surface area contributed by atoms with E-state index >= 15 is 0 Å². The number of hydrogen-bond acceptors (Lipinski definition) is 5. The van der Waals surface area contributed by atoms with Crippen LogP contribution < -0.4 is 15.0 Å². The first-order valence-electron chi connectivity index (χ1n) is 10.3. The summed E-state index contributed by atoms with van der Waals surface area (Å²) in [6.07, 6.45) is 1.68. The van der Waals surface area contributed by atoms with E-state index in [0.717, 1.165) is 16.8 Å². The van der Waals surface area contributed by atoms with Gasteiger partial charge in [0.1, 0.15) is 11.6 Å². The summed E-state index contributed by atoms with van der Waals surface area (Å²) < 4.78 is 24.5. The lowest BCUT2D eigenvalue weighted by Crippen LogP contribution is -2.51. The highest BCUT2D eigenvalue weighted by Gasteiger charge is 2.22. The molecule has 2 heterocycles.